The highest BCUT2D eigenvalue weighted by atomic mass is 16.7. The first-order valence-electron chi connectivity index (χ1n) is 32.0. The summed E-state index contributed by atoms with van der Waals surface area (Å²) in [5.74, 6) is -0.253. The topological polar surface area (TPSA) is 228 Å². The van der Waals surface area contributed by atoms with E-state index < -0.39 is 86.8 Å². The SMILES string of the molecule is CCCC/C=C/CC/C=C/CC/C=C/C(O)C(COC1OC(CO)C(OC2OC(CO)C(O)C(O)C2O)C(O)C1O)NC(=O)CCCCCCCCCCCCCCCCCCCCCCC/C=C\C/C=C\CCCCCCC. The monoisotopic (exact) mass is 1120 g/mol. The Morgan fingerprint density at radius 2 is 0.861 bits per heavy atom. The van der Waals surface area contributed by atoms with Gasteiger partial charge in [-0.1, -0.05) is 235 Å². The lowest BCUT2D eigenvalue weighted by Crippen LogP contribution is -2.65. The third-order valence-electron chi connectivity index (χ3n) is 15.4. The molecule has 460 valence electrons. The Kier molecular flexibility index (Phi) is 46.3. The Hall–Kier alpha value is -2.31. The number of unbranched alkanes of at least 4 members (excludes halogenated alkanes) is 30. The van der Waals surface area contributed by atoms with E-state index in [4.69, 9.17) is 18.9 Å². The number of carbonyl (C=O) groups excluding carboxylic acids is 1. The molecule has 2 fully saturated rings. The van der Waals surface area contributed by atoms with Gasteiger partial charge >= 0.3 is 0 Å². The summed E-state index contributed by atoms with van der Waals surface area (Å²) in [4.78, 5) is 13.2. The van der Waals surface area contributed by atoms with Crippen molar-refractivity contribution in [1.82, 2.24) is 5.32 Å². The van der Waals surface area contributed by atoms with Crippen LogP contribution in [0, 0.1) is 0 Å². The Balaban J connectivity index is 1.62. The minimum Gasteiger partial charge on any atom is -0.394 e. The zero-order chi connectivity index (χ0) is 57.4. The highest BCUT2D eigenvalue weighted by Crippen LogP contribution is 2.30. The van der Waals surface area contributed by atoms with Crippen molar-refractivity contribution in [2.24, 2.45) is 0 Å². The Bertz CT molecular complexity index is 1560. The number of aliphatic hydroxyl groups is 8. The first kappa shape index (κ1) is 72.8. The summed E-state index contributed by atoms with van der Waals surface area (Å²) in [5, 5.41) is 87.0. The summed E-state index contributed by atoms with van der Waals surface area (Å²) in [6.45, 7) is 2.71. The van der Waals surface area contributed by atoms with Crippen molar-refractivity contribution >= 4 is 5.91 Å². The van der Waals surface area contributed by atoms with Crippen LogP contribution in [0.3, 0.4) is 0 Å². The number of hydrogen-bond donors (Lipinski definition) is 9. The molecule has 0 aromatic rings. The van der Waals surface area contributed by atoms with E-state index in [1.54, 1.807) is 6.08 Å². The molecule has 0 aromatic heterocycles. The molecule has 0 saturated carbocycles. The second kappa shape index (κ2) is 50.2. The van der Waals surface area contributed by atoms with Crippen LogP contribution in [0.15, 0.2) is 60.8 Å². The Morgan fingerprint density at radius 1 is 0.456 bits per heavy atom. The van der Waals surface area contributed by atoms with Crippen LogP contribution in [0.4, 0.5) is 0 Å². The molecule has 0 bridgehead atoms. The number of hydrogen-bond acceptors (Lipinski definition) is 13. The van der Waals surface area contributed by atoms with Gasteiger partial charge in [-0.05, 0) is 70.6 Å². The molecular formula is C65H117NO13. The van der Waals surface area contributed by atoms with Gasteiger partial charge in [-0.25, -0.2) is 0 Å². The van der Waals surface area contributed by atoms with Gasteiger partial charge in [0.2, 0.25) is 5.91 Å². The van der Waals surface area contributed by atoms with Crippen molar-refractivity contribution in [2.75, 3.05) is 19.8 Å². The van der Waals surface area contributed by atoms with Gasteiger partial charge in [0, 0.05) is 6.42 Å². The van der Waals surface area contributed by atoms with Crippen molar-refractivity contribution in [2.45, 2.75) is 325 Å². The number of aliphatic hydroxyl groups excluding tert-OH is 8. The van der Waals surface area contributed by atoms with Crippen molar-refractivity contribution in [3.63, 3.8) is 0 Å². The van der Waals surface area contributed by atoms with E-state index in [9.17, 15) is 45.6 Å². The van der Waals surface area contributed by atoms with Crippen molar-refractivity contribution in [1.29, 1.82) is 0 Å². The van der Waals surface area contributed by atoms with Crippen molar-refractivity contribution in [3.05, 3.63) is 60.8 Å². The summed E-state index contributed by atoms with van der Waals surface area (Å²) < 4.78 is 22.7. The van der Waals surface area contributed by atoms with Crippen molar-refractivity contribution < 1.29 is 64.6 Å². The molecule has 2 aliphatic rings. The molecule has 9 N–H and O–H groups in total. The standard InChI is InChI=1S/C65H117NO13/c1-3-5-7-9-11-13-15-17-18-19-20-21-22-23-24-25-26-27-28-29-30-31-32-33-34-35-36-37-39-41-43-45-47-49-57(70)66-53(54(69)48-46-44-42-40-38-16-14-12-10-8-6-4-2)52-76-64-62(75)60(73)63(56(51-68)78-64)79-65-61(74)59(72)58(71)55(50-67)77-65/h10,12,15,17,19-20,38,40,46,48,53-56,58-65,67-69,71-75H,3-9,11,13-14,16,18,21-37,39,41-45,47,49-52H2,1-2H3,(H,66,70)/b12-10+,17-15-,20-19-,40-38+,48-46+. The number of nitrogens with one attached hydrogen (secondary N) is 1. The highest BCUT2D eigenvalue weighted by Gasteiger charge is 2.51. The molecule has 14 nitrogen and oxygen atoms in total. The molecule has 79 heavy (non-hydrogen) atoms. The summed E-state index contributed by atoms with van der Waals surface area (Å²) in [5.41, 5.74) is 0. The predicted octanol–water partition coefficient (Wildman–Crippen LogP) is 11.7. The fraction of sp³-hybridized carbons (Fsp3) is 0.831. The van der Waals surface area contributed by atoms with Crippen LogP contribution in [0.1, 0.15) is 251 Å². The Morgan fingerprint density at radius 3 is 1.35 bits per heavy atom. The average molecular weight is 1120 g/mol. The molecule has 12 atom stereocenters. The van der Waals surface area contributed by atoms with Gasteiger partial charge in [-0.3, -0.25) is 4.79 Å². The number of ether oxygens (including phenoxy) is 4. The summed E-state index contributed by atoms with van der Waals surface area (Å²) in [6.07, 6.45) is 48.7. The molecule has 2 saturated heterocycles. The van der Waals surface area contributed by atoms with E-state index in [0.717, 1.165) is 51.4 Å². The molecule has 0 radical (unpaired) electrons. The normalized spacial score (nSPS) is 24.8. The summed E-state index contributed by atoms with van der Waals surface area (Å²) in [7, 11) is 0. The van der Waals surface area contributed by atoms with Crippen LogP contribution in [0.25, 0.3) is 0 Å². The average Bonchev–Trinajstić information content (AvgIpc) is 3.48. The highest BCUT2D eigenvalue weighted by molar-refractivity contribution is 5.76. The second-order valence-corrected chi connectivity index (χ2v) is 22.5. The minimum absolute atomic E-state index is 0.253. The van der Waals surface area contributed by atoms with Gasteiger partial charge in [0.15, 0.2) is 12.6 Å². The first-order valence-corrected chi connectivity index (χ1v) is 32.0. The zero-order valence-corrected chi connectivity index (χ0v) is 49.6. The van der Waals surface area contributed by atoms with E-state index in [-0.39, 0.29) is 18.9 Å². The zero-order valence-electron chi connectivity index (χ0n) is 49.6. The van der Waals surface area contributed by atoms with Gasteiger partial charge in [-0.15, -0.1) is 0 Å². The van der Waals surface area contributed by atoms with Crippen LogP contribution in [-0.2, 0) is 23.7 Å². The molecule has 12 unspecified atom stereocenters. The molecule has 0 aromatic carbocycles. The lowest BCUT2D eigenvalue weighted by atomic mass is 9.97. The van der Waals surface area contributed by atoms with E-state index in [2.05, 4.69) is 67.8 Å². The van der Waals surface area contributed by atoms with Gasteiger partial charge in [0.25, 0.3) is 0 Å². The van der Waals surface area contributed by atoms with E-state index in [1.807, 2.05) is 6.08 Å². The van der Waals surface area contributed by atoms with Crippen molar-refractivity contribution in [3.8, 4) is 0 Å². The van der Waals surface area contributed by atoms with Gasteiger partial charge in [0.1, 0.15) is 48.8 Å². The lowest BCUT2D eigenvalue weighted by Gasteiger charge is -2.46. The second-order valence-electron chi connectivity index (χ2n) is 22.5. The molecule has 0 aliphatic carbocycles. The molecule has 2 aliphatic heterocycles. The van der Waals surface area contributed by atoms with Crippen LogP contribution >= 0.6 is 0 Å². The van der Waals surface area contributed by atoms with Crippen LogP contribution in [0.2, 0.25) is 0 Å². The largest absolute Gasteiger partial charge is 0.394 e. The van der Waals surface area contributed by atoms with Crippen LogP contribution < -0.4 is 5.32 Å². The predicted molar refractivity (Wildman–Crippen MR) is 318 cm³/mol. The molecule has 1 amide bonds. The number of rotatable bonds is 51. The quantitative estimate of drug-likeness (QED) is 0.0204. The molecule has 14 heteroatoms. The van der Waals surface area contributed by atoms with E-state index in [0.29, 0.717) is 12.8 Å². The van der Waals surface area contributed by atoms with E-state index >= 15 is 0 Å². The molecule has 2 heterocycles. The maximum atomic E-state index is 13.2. The summed E-state index contributed by atoms with van der Waals surface area (Å²) >= 11 is 0. The number of allylic oxidation sites excluding steroid dienone is 9. The van der Waals surface area contributed by atoms with Crippen LogP contribution in [-0.4, -0.2) is 140 Å². The minimum atomic E-state index is -1.79. The smallest absolute Gasteiger partial charge is 0.220 e. The molecular weight excluding hydrogens is 1000 g/mol. The van der Waals surface area contributed by atoms with Gasteiger partial charge in [0.05, 0.1) is 32.0 Å². The first-order chi connectivity index (χ1) is 38.6. The lowest BCUT2D eigenvalue weighted by molar-refractivity contribution is -0.359. The fourth-order valence-electron chi connectivity index (χ4n) is 10.2. The van der Waals surface area contributed by atoms with E-state index in [1.165, 1.54) is 167 Å². The van der Waals surface area contributed by atoms with Gasteiger partial charge in [-0.2, -0.15) is 0 Å². The maximum Gasteiger partial charge on any atom is 0.220 e. The third-order valence-corrected chi connectivity index (χ3v) is 15.4. The molecule has 0 spiro atoms. The third kappa shape index (κ3) is 35.4. The van der Waals surface area contributed by atoms with Crippen LogP contribution in [0.5, 0.6) is 0 Å². The summed E-state index contributed by atoms with van der Waals surface area (Å²) in [6, 6.07) is -0.937. The van der Waals surface area contributed by atoms with Gasteiger partial charge < -0.3 is 65.1 Å². The fourth-order valence-corrected chi connectivity index (χ4v) is 10.2. The number of amides is 1. The molecule has 2 rings (SSSR count). The number of carbonyl (C=O) groups is 1. The Labute approximate surface area is 479 Å². The maximum absolute atomic E-state index is 13.2.